The van der Waals surface area contributed by atoms with Crippen molar-refractivity contribution in [3.05, 3.63) is 25.3 Å². The van der Waals surface area contributed by atoms with E-state index in [0.29, 0.717) is 26.5 Å². The van der Waals surface area contributed by atoms with E-state index in [-0.39, 0.29) is 21.2 Å². The van der Waals surface area contributed by atoms with Gasteiger partial charge in [0, 0.05) is 0 Å². The van der Waals surface area contributed by atoms with Gasteiger partial charge in [-0.25, -0.2) is 9.78 Å². The number of hydrogen-bond acceptors (Lipinski definition) is 3. The highest BCUT2D eigenvalue weighted by Crippen LogP contribution is 2.20. The Kier molecular flexibility index (Phi) is 5.04. The maximum atomic E-state index is 11.8. The van der Waals surface area contributed by atoms with Crippen LogP contribution in [0.15, 0.2) is 10.9 Å². The second kappa shape index (κ2) is 6.38. The smallest absolute Gasteiger partial charge is 0.329 e. The minimum absolute atomic E-state index is 0.221. The molecule has 2 aromatic heterocycles. The van der Waals surface area contributed by atoms with Gasteiger partial charge in [0.05, 0.1) is 36.3 Å². The van der Waals surface area contributed by atoms with Crippen molar-refractivity contribution in [1.82, 2.24) is 14.5 Å². The predicted octanol–water partition coefficient (Wildman–Crippen LogP) is 2.71. The number of aromatic amines is 1. The number of rotatable bonds is 5. The van der Waals surface area contributed by atoms with E-state index >= 15 is 0 Å². The van der Waals surface area contributed by atoms with Gasteiger partial charge in [-0.05, 0) is 28.7 Å². The second-order valence-electron chi connectivity index (χ2n) is 4.48. The summed E-state index contributed by atoms with van der Waals surface area (Å²) in [6.07, 6.45) is 0. The average Bonchev–Trinajstić information content (AvgIpc) is 2.61. The molecule has 0 spiro atoms. The molecule has 0 saturated carbocycles. The summed E-state index contributed by atoms with van der Waals surface area (Å²) in [4.78, 5) is 18.9. The number of fused-ring (bicyclic) bond motifs is 1. The third-order valence-electron chi connectivity index (χ3n) is 2.62. The molecule has 2 rings (SSSR count). The number of nitrogens with one attached hydrogen (secondary N) is 1. The van der Waals surface area contributed by atoms with Crippen LogP contribution >= 0.6 is 34.2 Å². The van der Waals surface area contributed by atoms with Gasteiger partial charge in [-0.2, -0.15) is 0 Å². The zero-order valence-electron chi connectivity index (χ0n) is 10.7. The minimum Gasteiger partial charge on any atom is -0.358 e. The van der Waals surface area contributed by atoms with E-state index < -0.39 is 0 Å². The first-order chi connectivity index (χ1) is 8.99. The Morgan fingerprint density at radius 3 is 3.00 bits per heavy atom. The molecule has 0 saturated heterocycles. The number of H-pyrrole nitrogens is 1. The number of pyridine rings is 1. The lowest BCUT2D eigenvalue weighted by molar-refractivity contribution is 0.0877. The molecule has 0 amide bonds. The maximum Gasteiger partial charge on any atom is 0.329 e. The number of aromatic nitrogens is 3. The molecule has 0 aliphatic heterocycles. The van der Waals surface area contributed by atoms with Crippen LogP contribution in [0.2, 0.25) is 24.2 Å². The molecule has 0 fully saturated rings. The molecule has 0 unspecified atom stereocenters. The average molecular weight is 411 g/mol. The van der Waals surface area contributed by atoms with Crippen molar-refractivity contribution in [3.8, 4) is 0 Å². The summed E-state index contributed by atoms with van der Waals surface area (Å²) < 4.78 is 7.71. The van der Waals surface area contributed by atoms with Crippen LogP contribution < -0.4 is 5.69 Å². The molecule has 0 atom stereocenters. The normalized spacial score (nSPS) is 11.2. The number of hydrogen-bond donors (Lipinski definition) is 1. The fourth-order valence-corrected chi connectivity index (χ4v) is 2.67. The van der Waals surface area contributed by atoms with E-state index in [4.69, 9.17) is 16.3 Å². The first kappa shape index (κ1) is 15.0. The van der Waals surface area contributed by atoms with E-state index in [0.717, 1.165) is 6.04 Å². The molecule has 0 aliphatic rings. The molecule has 0 bridgehead atoms. The SMILES string of the molecule is C[Si+](C)CCOCn1c(=O)[nH]c2cc(Cl)c(I)nc21. The van der Waals surface area contributed by atoms with Crippen LogP contribution in [0.3, 0.4) is 0 Å². The molecule has 102 valence electrons. The quantitative estimate of drug-likeness (QED) is 0.357. The monoisotopic (exact) mass is 410 g/mol. The van der Waals surface area contributed by atoms with Gasteiger partial charge in [0.1, 0.15) is 10.4 Å². The van der Waals surface area contributed by atoms with Crippen molar-refractivity contribution in [2.75, 3.05) is 6.61 Å². The number of ether oxygens (including phenoxy) is 1. The molecular weight excluding hydrogens is 397 g/mol. The van der Waals surface area contributed by atoms with E-state index in [1.54, 1.807) is 6.07 Å². The third-order valence-corrected chi connectivity index (χ3v) is 5.26. The second-order valence-corrected chi connectivity index (χ2v) is 8.83. The predicted molar refractivity (Wildman–Crippen MR) is 86.3 cm³/mol. The molecular formula is C11H14ClIN3O2Si+. The fourth-order valence-electron chi connectivity index (χ4n) is 1.59. The van der Waals surface area contributed by atoms with E-state index in [9.17, 15) is 4.79 Å². The zero-order chi connectivity index (χ0) is 14.0. The van der Waals surface area contributed by atoms with Gasteiger partial charge < -0.3 is 9.72 Å². The van der Waals surface area contributed by atoms with Crippen LogP contribution in [0.5, 0.6) is 0 Å². The summed E-state index contributed by atoms with van der Waals surface area (Å²) in [7, 11) is -0.294. The fraction of sp³-hybridized carbons (Fsp3) is 0.455. The van der Waals surface area contributed by atoms with Crippen LogP contribution in [0.1, 0.15) is 0 Å². The Morgan fingerprint density at radius 1 is 1.58 bits per heavy atom. The van der Waals surface area contributed by atoms with Crippen molar-refractivity contribution in [2.24, 2.45) is 0 Å². The van der Waals surface area contributed by atoms with Gasteiger partial charge in [0.25, 0.3) is 0 Å². The van der Waals surface area contributed by atoms with Gasteiger partial charge in [0.15, 0.2) is 5.65 Å². The summed E-state index contributed by atoms with van der Waals surface area (Å²) >= 11 is 8.02. The Balaban J connectivity index is 2.20. The minimum atomic E-state index is -0.294. The highest BCUT2D eigenvalue weighted by atomic mass is 127. The van der Waals surface area contributed by atoms with Crippen LogP contribution in [0, 0.1) is 3.70 Å². The Hall–Kier alpha value is -0.383. The van der Waals surface area contributed by atoms with Gasteiger partial charge in [-0.1, -0.05) is 11.6 Å². The lowest BCUT2D eigenvalue weighted by Crippen LogP contribution is -2.19. The molecule has 0 radical (unpaired) electrons. The molecule has 2 heterocycles. The first-order valence-electron chi connectivity index (χ1n) is 5.80. The molecule has 1 N–H and O–H groups in total. The molecule has 8 heteroatoms. The lowest BCUT2D eigenvalue weighted by atomic mass is 10.4. The Labute approximate surface area is 131 Å². The zero-order valence-corrected chi connectivity index (χ0v) is 14.6. The lowest BCUT2D eigenvalue weighted by Gasteiger charge is -2.04. The van der Waals surface area contributed by atoms with Crippen LogP contribution in [0.4, 0.5) is 0 Å². The van der Waals surface area contributed by atoms with Gasteiger partial charge >= 0.3 is 14.5 Å². The van der Waals surface area contributed by atoms with Crippen molar-refractivity contribution in [3.63, 3.8) is 0 Å². The van der Waals surface area contributed by atoms with Crippen LogP contribution in [-0.2, 0) is 11.5 Å². The summed E-state index contributed by atoms with van der Waals surface area (Å²) in [6.45, 7) is 5.36. The van der Waals surface area contributed by atoms with Crippen molar-refractivity contribution in [1.29, 1.82) is 0 Å². The number of halogens is 2. The molecule has 2 aromatic rings. The van der Waals surface area contributed by atoms with Gasteiger partial charge in [0.2, 0.25) is 0 Å². The summed E-state index contributed by atoms with van der Waals surface area (Å²) in [6, 6.07) is 2.78. The van der Waals surface area contributed by atoms with Gasteiger partial charge in [-0.15, -0.1) is 0 Å². The highest BCUT2D eigenvalue weighted by Gasteiger charge is 2.13. The van der Waals surface area contributed by atoms with E-state index in [1.807, 2.05) is 22.6 Å². The topological polar surface area (TPSA) is 59.9 Å². The van der Waals surface area contributed by atoms with Crippen LogP contribution in [0.25, 0.3) is 11.2 Å². The highest BCUT2D eigenvalue weighted by molar-refractivity contribution is 14.1. The summed E-state index contributed by atoms with van der Waals surface area (Å²) in [5.41, 5.74) is 0.992. The summed E-state index contributed by atoms with van der Waals surface area (Å²) in [5.74, 6) is 0. The third kappa shape index (κ3) is 3.59. The summed E-state index contributed by atoms with van der Waals surface area (Å²) in [5, 5.41) is 0.534. The molecule has 0 aromatic carbocycles. The molecule has 19 heavy (non-hydrogen) atoms. The molecule has 5 nitrogen and oxygen atoms in total. The first-order valence-corrected chi connectivity index (χ1v) is 9.96. The Morgan fingerprint density at radius 2 is 2.32 bits per heavy atom. The maximum absolute atomic E-state index is 11.8. The standard InChI is InChI=1S/C11H13ClIN3O2Si/c1-19(2)4-3-18-6-16-10-8(14-11(16)17)5-7(12)9(13)15-10/h5H,3-4,6H2,1-2H3/p+1. The van der Waals surface area contributed by atoms with Crippen molar-refractivity contribution < 1.29 is 4.74 Å². The van der Waals surface area contributed by atoms with Gasteiger partial charge in [-0.3, -0.25) is 4.57 Å². The Bertz CT molecular complexity index is 641. The molecule has 0 aliphatic carbocycles. The van der Waals surface area contributed by atoms with E-state index in [1.165, 1.54) is 4.57 Å². The van der Waals surface area contributed by atoms with E-state index in [2.05, 4.69) is 23.1 Å². The van der Waals surface area contributed by atoms with Crippen molar-refractivity contribution in [2.45, 2.75) is 25.9 Å². The number of imidazole rings is 1. The van der Waals surface area contributed by atoms with Crippen molar-refractivity contribution >= 4 is 54.2 Å². The number of nitrogens with zero attached hydrogens (tertiary/aromatic N) is 2. The largest absolute Gasteiger partial charge is 0.358 e. The van der Waals surface area contributed by atoms with Crippen LogP contribution in [-0.4, -0.2) is 29.9 Å².